The summed E-state index contributed by atoms with van der Waals surface area (Å²) in [5, 5.41) is 5.03. The molecular formula is C17H20N2O4S3. The Labute approximate surface area is 159 Å². The Kier molecular flexibility index (Phi) is 6.38. The molecular weight excluding hydrogens is 392 g/mol. The van der Waals surface area contributed by atoms with Gasteiger partial charge in [-0.25, -0.2) is 16.8 Å². The molecule has 2 aromatic rings. The summed E-state index contributed by atoms with van der Waals surface area (Å²) < 4.78 is 48.9. The van der Waals surface area contributed by atoms with Crippen molar-refractivity contribution in [1.82, 2.24) is 10.6 Å². The lowest BCUT2D eigenvalue weighted by Gasteiger charge is -2.12. The van der Waals surface area contributed by atoms with E-state index in [9.17, 15) is 16.8 Å². The fourth-order valence-corrected chi connectivity index (χ4v) is 4.47. The van der Waals surface area contributed by atoms with E-state index in [1.807, 2.05) is 13.8 Å². The zero-order chi connectivity index (χ0) is 19.4. The molecule has 0 bridgehead atoms. The molecule has 0 aliphatic heterocycles. The first kappa shape index (κ1) is 20.3. The van der Waals surface area contributed by atoms with Gasteiger partial charge in [-0.05, 0) is 50.3 Å². The van der Waals surface area contributed by atoms with E-state index in [0.29, 0.717) is 0 Å². The predicted octanol–water partition coefficient (Wildman–Crippen LogP) is 1.93. The Hall–Kier alpha value is -1.97. The van der Waals surface area contributed by atoms with Gasteiger partial charge in [0.25, 0.3) is 0 Å². The fraction of sp³-hybridized carbons (Fsp3) is 0.235. The predicted molar refractivity (Wildman–Crippen MR) is 105 cm³/mol. The monoisotopic (exact) mass is 412 g/mol. The molecule has 26 heavy (non-hydrogen) atoms. The van der Waals surface area contributed by atoms with Crippen LogP contribution in [-0.4, -0.2) is 33.7 Å². The summed E-state index contributed by atoms with van der Waals surface area (Å²) in [6, 6.07) is 12.9. The van der Waals surface area contributed by atoms with Crippen molar-refractivity contribution in [2.24, 2.45) is 0 Å². The van der Waals surface area contributed by atoms with Gasteiger partial charge in [-0.3, -0.25) is 0 Å². The molecule has 0 aliphatic carbocycles. The summed E-state index contributed by atoms with van der Waals surface area (Å²) in [5.41, 5.74) is 1.91. The van der Waals surface area contributed by atoms with Gasteiger partial charge < -0.3 is 10.6 Å². The SMILES string of the molecule is Cc1ccc(S(=O)(=O)CNC(=S)NCS(=O)(=O)c2ccc(C)cc2)cc1. The lowest BCUT2D eigenvalue weighted by atomic mass is 10.2. The molecule has 0 fully saturated rings. The Balaban J connectivity index is 1.92. The molecule has 0 unspecified atom stereocenters. The molecule has 0 spiro atoms. The van der Waals surface area contributed by atoms with E-state index in [1.54, 1.807) is 24.3 Å². The maximum Gasteiger partial charge on any atom is 0.196 e. The van der Waals surface area contributed by atoms with Crippen molar-refractivity contribution in [1.29, 1.82) is 0 Å². The standard InChI is InChI=1S/C17H20N2O4S3/c1-13-3-7-15(8-4-13)25(20,21)11-18-17(24)19-12-26(22,23)16-9-5-14(2)6-10-16/h3-10H,11-12H2,1-2H3,(H2,18,19,24). The number of sulfone groups is 2. The first-order valence-electron chi connectivity index (χ1n) is 7.71. The van der Waals surface area contributed by atoms with Crippen molar-refractivity contribution in [2.75, 3.05) is 11.8 Å². The van der Waals surface area contributed by atoms with Gasteiger partial charge >= 0.3 is 0 Å². The molecule has 6 nitrogen and oxygen atoms in total. The second kappa shape index (κ2) is 8.15. The van der Waals surface area contributed by atoms with Crippen molar-refractivity contribution in [3.8, 4) is 0 Å². The average molecular weight is 413 g/mol. The van der Waals surface area contributed by atoms with Crippen LogP contribution >= 0.6 is 12.2 Å². The van der Waals surface area contributed by atoms with Crippen LogP contribution in [-0.2, 0) is 19.7 Å². The molecule has 0 amide bonds. The van der Waals surface area contributed by atoms with E-state index in [0.717, 1.165) is 11.1 Å². The smallest absolute Gasteiger partial charge is 0.196 e. The summed E-state index contributed by atoms with van der Waals surface area (Å²) in [4.78, 5) is 0.344. The molecule has 0 aromatic heterocycles. The zero-order valence-electron chi connectivity index (χ0n) is 14.4. The third-order valence-electron chi connectivity index (χ3n) is 3.61. The number of rotatable bonds is 6. The summed E-state index contributed by atoms with van der Waals surface area (Å²) in [7, 11) is -7.14. The highest BCUT2D eigenvalue weighted by Crippen LogP contribution is 2.12. The van der Waals surface area contributed by atoms with Crippen LogP contribution < -0.4 is 10.6 Å². The third kappa shape index (κ3) is 5.52. The Morgan fingerprint density at radius 1 is 0.731 bits per heavy atom. The van der Waals surface area contributed by atoms with E-state index in [4.69, 9.17) is 12.2 Å². The molecule has 0 aliphatic rings. The number of hydrogen-bond donors (Lipinski definition) is 2. The van der Waals surface area contributed by atoms with E-state index in [-0.39, 0.29) is 14.9 Å². The van der Waals surface area contributed by atoms with Gasteiger partial charge in [-0.15, -0.1) is 0 Å². The van der Waals surface area contributed by atoms with Crippen LogP contribution in [0.15, 0.2) is 58.3 Å². The summed E-state index contributed by atoms with van der Waals surface area (Å²) in [6.45, 7) is 3.73. The minimum absolute atomic E-state index is 0.0450. The van der Waals surface area contributed by atoms with Gasteiger partial charge in [0.15, 0.2) is 24.8 Å². The quantitative estimate of drug-likeness (QED) is 0.701. The Bertz CT molecular complexity index is 900. The first-order valence-corrected chi connectivity index (χ1v) is 11.4. The van der Waals surface area contributed by atoms with Crippen LogP contribution in [0.25, 0.3) is 0 Å². The van der Waals surface area contributed by atoms with Crippen molar-refractivity contribution >= 4 is 37.0 Å². The van der Waals surface area contributed by atoms with Gasteiger partial charge in [-0.1, -0.05) is 35.4 Å². The number of nitrogens with one attached hydrogen (secondary N) is 2. The van der Waals surface area contributed by atoms with E-state index < -0.39 is 31.4 Å². The maximum absolute atomic E-state index is 12.2. The summed E-state index contributed by atoms with van der Waals surface area (Å²) in [5.74, 6) is -0.848. The minimum Gasteiger partial charge on any atom is -0.348 e. The normalized spacial score (nSPS) is 11.8. The lowest BCUT2D eigenvalue weighted by molar-refractivity contribution is 0.593. The summed E-state index contributed by atoms with van der Waals surface area (Å²) >= 11 is 4.98. The molecule has 140 valence electrons. The lowest BCUT2D eigenvalue weighted by Crippen LogP contribution is -2.40. The number of thiocarbonyl (C=S) groups is 1. The number of aryl methyl sites for hydroxylation is 2. The third-order valence-corrected chi connectivity index (χ3v) is 6.92. The molecule has 2 N–H and O–H groups in total. The van der Waals surface area contributed by atoms with Gasteiger partial charge in [0, 0.05) is 0 Å². The van der Waals surface area contributed by atoms with Gasteiger partial charge in [-0.2, -0.15) is 0 Å². The maximum atomic E-state index is 12.2. The highest BCUT2D eigenvalue weighted by Gasteiger charge is 2.17. The van der Waals surface area contributed by atoms with Crippen LogP contribution in [0.3, 0.4) is 0 Å². The van der Waals surface area contributed by atoms with E-state index >= 15 is 0 Å². The van der Waals surface area contributed by atoms with Crippen molar-refractivity contribution in [3.63, 3.8) is 0 Å². The molecule has 0 atom stereocenters. The van der Waals surface area contributed by atoms with Crippen molar-refractivity contribution < 1.29 is 16.8 Å². The van der Waals surface area contributed by atoms with Gasteiger partial charge in [0.2, 0.25) is 0 Å². The first-order chi connectivity index (χ1) is 12.1. The van der Waals surface area contributed by atoms with Crippen LogP contribution in [0.4, 0.5) is 0 Å². The average Bonchev–Trinajstić information content (AvgIpc) is 2.59. The molecule has 0 saturated heterocycles. The Morgan fingerprint density at radius 3 is 1.35 bits per heavy atom. The molecule has 0 heterocycles. The fourth-order valence-electron chi connectivity index (χ4n) is 2.04. The number of benzene rings is 2. The largest absolute Gasteiger partial charge is 0.348 e. The minimum atomic E-state index is -3.57. The zero-order valence-corrected chi connectivity index (χ0v) is 16.8. The van der Waals surface area contributed by atoms with Crippen molar-refractivity contribution in [2.45, 2.75) is 23.6 Å². The van der Waals surface area contributed by atoms with E-state index in [1.165, 1.54) is 24.3 Å². The highest BCUT2D eigenvalue weighted by molar-refractivity contribution is 7.92. The van der Waals surface area contributed by atoms with Crippen LogP contribution in [0.2, 0.25) is 0 Å². The Morgan fingerprint density at radius 2 is 1.04 bits per heavy atom. The molecule has 0 radical (unpaired) electrons. The second-order valence-electron chi connectivity index (χ2n) is 5.83. The van der Waals surface area contributed by atoms with Crippen LogP contribution in [0.5, 0.6) is 0 Å². The summed E-state index contributed by atoms with van der Waals surface area (Å²) in [6.07, 6.45) is 0. The number of hydrogen-bond acceptors (Lipinski definition) is 5. The molecule has 0 saturated carbocycles. The van der Waals surface area contributed by atoms with Crippen LogP contribution in [0.1, 0.15) is 11.1 Å². The topological polar surface area (TPSA) is 92.3 Å². The second-order valence-corrected chi connectivity index (χ2v) is 10.2. The van der Waals surface area contributed by atoms with E-state index in [2.05, 4.69) is 10.6 Å². The highest BCUT2D eigenvalue weighted by atomic mass is 32.2. The molecule has 2 aromatic carbocycles. The van der Waals surface area contributed by atoms with Crippen LogP contribution in [0, 0.1) is 13.8 Å². The van der Waals surface area contributed by atoms with Gasteiger partial charge in [0.1, 0.15) is 11.8 Å². The molecule has 9 heteroatoms. The molecule has 2 rings (SSSR count). The van der Waals surface area contributed by atoms with Gasteiger partial charge in [0.05, 0.1) is 9.79 Å². The van der Waals surface area contributed by atoms with Crippen molar-refractivity contribution in [3.05, 3.63) is 59.7 Å².